The third kappa shape index (κ3) is 3.96. The highest BCUT2D eigenvalue weighted by Gasteiger charge is 2.50. The molecule has 1 N–H and O–H groups in total. The second-order valence-corrected chi connectivity index (χ2v) is 10.5. The lowest BCUT2D eigenvalue weighted by Gasteiger charge is -2.47. The Bertz CT molecular complexity index is 632. The number of nitrogens with zero attached hydrogens (tertiary/aromatic N) is 4. The molecule has 0 aromatic carbocycles. The zero-order valence-corrected chi connectivity index (χ0v) is 17.7. The molecule has 5 heteroatoms. The Morgan fingerprint density at radius 2 is 1.74 bits per heavy atom. The highest BCUT2D eigenvalue weighted by Crippen LogP contribution is 2.46. The minimum atomic E-state index is -0.756. The summed E-state index contributed by atoms with van der Waals surface area (Å²) in [5.41, 5.74) is -0.464. The summed E-state index contributed by atoms with van der Waals surface area (Å²) < 4.78 is 2.00. The molecule has 3 aliphatic heterocycles. The fraction of sp³-hybridized carbons (Fsp3) is 0.864. The molecule has 2 bridgehead atoms. The Kier molecular flexibility index (Phi) is 5.15. The Morgan fingerprint density at radius 3 is 2.30 bits per heavy atom. The van der Waals surface area contributed by atoms with Crippen molar-refractivity contribution >= 4 is 0 Å². The minimum absolute atomic E-state index is 0.292. The first kappa shape index (κ1) is 19.4. The van der Waals surface area contributed by atoms with E-state index in [1.165, 1.54) is 45.3 Å². The summed E-state index contributed by atoms with van der Waals surface area (Å²) >= 11 is 0. The highest BCUT2D eigenvalue weighted by atomic mass is 16.3. The maximum absolute atomic E-state index is 11.4. The van der Waals surface area contributed by atoms with Crippen molar-refractivity contribution in [2.45, 2.75) is 77.0 Å². The van der Waals surface area contributed by atoms with E-state index in [0.29, 0.717) is 17.5 Å². The Labute approximate surface area is 164 Å². The molecule has 4 rings (SSSR count). The summed E-state index contributed by atoms with van der Waals surface area (Å²) in [6.07, 6.45) is 10.5. The third-order valence-electron chi connectivity index (χ3n) is 7.29. The van der Waals surface area contributed by atoms with Gasteiger partial charge in [0.15, 0.2) is 0 Å². The van der Waals surface area contributed by atoms with Gasteiger partial charge in [0, 0.05) is 44.6 Å². The predicted octanol–water partition coefficient (Wildman–Crippen LogP) is 2.99. The largest absolute Gasteiger partial charge is 0.382 e. The summed E-state index contributed by atoms with van der Waals surface area (Å²) in [6, 6.07) is 0.984. The monoisotopic (exact) mass is 374 g/mol. The van der Waals surface area contributed by atoms with Gasteiger partial charge in [-0.15, -0.1) is 0 Å². The summed E-state index contributed by atoms with van der Waals surface area (Å²) in [5.74, 6) is 1.74. The second kappa shape index (κ2) is 7.16. The Balaban J connectivity index is 1.40. The second-order valence-electron chi connectivity index (χ2n) is 10.5. The van der Waals surface area contributed by atoms with Crippen molar-refractivity contribution in [2.24, 2.45) is 18.4 Å². The number of fused-ring (bicyclic) bond motifs is 2. The van der Waals surface area contributed by atoms with Crippen molar-refractivity contribution in [2.75, 3.05) is 26.2 Å². The van der Waals surface area contributed by atoms with Crippen LogP contribution in [0, 0.1) is 11.3 Å². The molecule has 4 heterocycles. The summed E-state index contributed by atoms with van der Waals surface area (Å²) in [6.45, 7) is 12.1. The number of likely N-dealkylation sites (tertiary alicyclic amines) is 1. The zero-order chi connectivity index (χ0) is 19.2. The van der Waals surface area contributed by atoms with Gasteiger partial charge in [-0.25, -0.2) is 4.98 Å². The number of aliphatic hydroxyl groups is 1. The van der Waals surface area contributed by atoms with Crippen LogP contribution in [0.2, 0.25) is 0 Å². The first-order valence-electron chi connectivity index (χ1n) is 10.9. The van der Waals surface area contributed by atoms with Crippen LogP contribution in [0.1, 0.15) is 65.1 Å². The zero-order valence-electron chi connectivity index (χ0n) is 17.7. The van der Waals surface area contributed by atoms with Crippen LogP contribution in [0.4, 0.5) is 0 Å². The van der Waals surface area contributed by atoms with E-state index in [0.717, 1.165) is 31.1 Å². The lowest BCUT2D eigenvalue weighted by atomic mass is 9.82. The maximum Gasteiger partial charge on any atom is 0.140 e. The fourth-order valence-corrected chi connectivity index (χ4v) is 5.94. The molecular formula is C22H38N4O. The molecule has 3 atom stereocenters. The quantitative estimate of drug-likeness (QED) is 0.861. The molecule has 3 saturated heterocycles. The van der Waals surface area contributed by atoms with E-state index < -0.39 is 5.60 Å². The summed E-state index contributed by atoms with van der Waals surface area (Å²) in [5, 5.41) is 11.4. The normalized spacial score (nSPS) is 33.7. The molecule has 152 valence electrons. The predicted molar refractivity (Wildman–Crippen MR) is 108 cm³/mol. The van der Waals surface area contributed by atoms with Crippen LogP contribution in [-0.4, -0.2) is 62.7 Å². The Hall–Kier alpha value is -0.910. The molecule has 0 radical (unpaired) electrons. The topological polar surface area (TPSA) is 44.5 Å². The van der Waals surface area contributed by atoms with Crippen molar-refractivity contribution in [3.05, 3.63) is 18.2 Å². The van der Waals surface area contributed by atoms with Crippen LogP contribution in [0.5, 0.6) is 0 Å². The van der Waals surface area contributed by atoms with Crippen molar-refractivity contribution in [3.8, 4) is 0 Å². The average molecular weight is 375 g/mol. The van der Waals surface area contributed by atoms with E-state index in [1.54, 1.807) is 0 Å². The molecule has 0 amide bonds. The summed E-state index contributed by atoms with van der Waals surface area (Å²) in [7, 11) is 2.00. The van der Waals surface area contributed by atoms with Crippen LogP contribution >= 0.6 is 0 Å². The first-order chi connectivity index (χ1) is 12.8. The van der Waals surface area contributed by atoms with E-state index in [2.05, 4.69) is 35.6 Å². The number of rotatable bonds is 5. The molecule has 5 nitrogen and oxygen atoms in total. The number of aromatic nitrogens is 2. The van der Waals surface area contributed by atoms with E-state index >= 15 is 0 Å². The van der Waals surface area contributed by atoms with Crippen LogP contribution in [0.25, 0.3) is 0 Å². The standard InChI is InChI=1S/C22H38N4O/c1-17-7-10-25(11-8-17)15-21(2,3)16-26-18-5-6-19(26)14-22(27,13-18)20-23-9-12-24(20)4/h9,12,17-19,27H,5-8,10-11,13-16H2,1-4H3/t18-,19+,22?. The highest BCUT2D eigenvalue weighted by molar-refractivity contribution is 5.12. The van der Waals surface area contributed by atoms with Gasteiger partial charge in [0.1, 0.15) is 11.4 Å². The maximum atomic E-state index is 11.4. The molecule has 0 saturated carbocycles. The van der Waals surface area contributed by atoms with Gasteiger partial charge >= 0.3 is 0 Å². The van der Waals surface area contributed by atoms with Crippen LogP contribution in [0.15, 0.2) is 12.4 Å². The van der Waals surface area contributed by atoms with Gasteiger partial charge in [-0.05, 0) is 62.9 Å². The average Bonchev–Trinajstić information content (AvgIpc) is 3.12. The van der Waals surface area contributed by atoms with Crippen molar-refractivity contribution in [1.29, 1.82) is 0 Å². The fourth-order valence-electron chi connectivity index (χ4n) is 5.94. The number of hydrogen-bond donors (Lipinski definition) is 1. The lowest BCUT2D eigenvalue weighted by molar-refractivity contribution is -0.0740. The minimum Gasteiger partial charge on any atom is -0.382 e. The molecule has 27 heavy (non-hydrogen) atoms. The molecular weight excluding hydrogens is 336 g/mol. The van der Waals surface area contributed by atoms with Gasteiger partial charge < -0.3 is 14.6 Å². The smallest absolute Gasteiger partial charge is 0.140 e. The molecule has 3 aliphatic rings. The van der Waals surface area contributed by atoms with E-state index in [-0.39, 0.29) is 0 Å². The third-order valence-corrected chi connectivity index (χ3v) is 7.29. The number of piperidine rings is 2. The molecule has 1 aromatic rings. The van der Waals surface area contributed by atoms with E-state index in [9.17, 15) is 5.11 Å². The van der Waals surface area contributed by atoms with Crippen LogP contribution in [-0.2, 0) is 12.6 Å². The molecule has 0 spiro atoms. The number of aryl methyl sites for hydroxylation is 1. The SMILES string of the molecule is CC1CCN(CC(C)(C)CN2[C@@H]3CC[C@H]2CC(O)(c2nccn2C)C3)CC1. The van der Waals surface area contributed by atoms with Crippen molar-refractivity contribution in [1.82, 2.24) is 19.4 Å². The molecule has 1 aromatic heterocycles. The number of imidazole rings is 1. The van der Waals surface area contributed by atoms with Gasteiger partial charge in [-0.2, -0.15) is 0 Å². The summed E-state index contributed by atoms with van der Waals surface area (Å²) in [4.78, 5) is 9.88. The first-order valence-corrected chi connectivity index (χ1v) is 10.9. The van der Waals surface area contributed by atoms with Gasteiger partial charge in [-0.1, -0.05) is 20.8 Å². The van der Waals surface area contributed by atoms with Crippen LogP contribution in [0.3, 0.4) is 0 Å². The van der Waals surface area contributed by atoms with E-state index in [4.69, 9.17) is 0 Å². The lowest BCUT2D eigenvalue weighted by Crippen LogP contribution is -2.54. The molecule has 3 fully saturated rings. The van der Waals surface area contributed by atoms with E-state index in [1.807, 2.05) is 24.0 Å². The van der Waals surface area contributed by atoms with Gasteiger partial charge in [0.25, 0.3) is 0 Å². The van der Waals surface area contributed by atoms with Gasteiger partial charge in [0.2, 0.25) is 0 Å². The Morgan fingerprint density at radius 1 is 1.11 bits per heavy atom. The molecule has 1 unspecified atom stereocenters. The molecule has 0 aliphatic carbocycles. The van der Waals surface area contributed by atoms with Crippen molar-refractivity contribution < 1.29 is 5.11 Å². The van der Waals surface area contributed by atoms with Gasteiger partial charge in [-0.3, -0.25) is 4.90 Å². The van der Waals surface area contributed by atoms with Gasteiger partial charge in [0.05, 0.1) is 0 Å². The van der Waals surface area contributed by atoms with Crippen LogP contribution < -0.4 is 0 Å². The number of hydrogen-bond acceptors (Lipinski definition) is 4. The van der Waals surface area contributed by atoms with Crippen molar-refractivity contribution in [3.63, 3.8) is 0 Å².